The molecule has 0 bridgehead atoms. The summed E-state index contributed by atoms with van der Waals surface area (Å²) in [5.74, 6) is -1.17. The summed E-state index contributed by atoms with van der Waals surface area (Å²) in [4.78, 5) is 35.7. The second-order valence-electron chi connectivity index (χ2n) is 5.77. The molecule has 2 fully saturated rings. The van der Waals surface area contributed by atoms with Gasteiger partial charge in [-0.25, -0.2) is 9.69 Å². The number of hydrogen-bond acceptors (Lipinski definition) is 6. The first-order valence-corrected chi connectivity index (χ1v) is 7.75. The number of ether oxygens (including phenoxy) is 3. The fourth-order valence-corrected chi connectivity index (χ4v) is 2.85. The van der Waals surface area contributed by atoms with Gasteiger partial charge < -0.3 is 19.0 Å². The Labute approximate surface area is 129 Å². The highest BCUT2D eigenvalue weighted by atomic mass is 16.7. The van der Waals surface area contributed by atoms with E-state index in [2.05, 4.69) is 0 Å². The molecule has 1 unspecified atom stereocenters. The second-order valence-corrected chi connectivity index (χ2v) is 5.77. The van der Waals surface area contributed by atoms with Crippen LogP contribution in [0.2, 0.25) is 0 Å². The molecule has 2 aliphatic heterocycles. The summed E-state index contributed by atoms with van der Waals surface area (Å²) in [6.45, 7) is 3.59. The van der Waals surface area contributed by atoms with Crippen LogP contribution in [0.3, 0.4) is 0 Å². The standard InChI is InChI=1S/C15H23NO6/c1-15(21-10-11-22-15)6-2-4-12(5-3-8-17)13(18)16-7-9-20-14(16)19/h8,12H,2-7,9-11H2,1H3. The van der Waals surface area contributed by atoms with E-state index in [-0.39, 0.29) is 18.4 Å². The van der Waals surface area contributed by atoms with E-state index in [0.29, 0.717) is 45.4 Å². The molecule has 7 heteroatoms. The van der Waals surface area contributed by atoms with Gasteiger partial charge in [0.05, 0.1) is 19.8 Å². The SMILES string of the molecule is CC1(CCCC(CCC=O)C(=O)N2CCOC2=O)OCCO1. The molecule has 0 radical (unpaired) electrons. The van der Waals surface area contributed by atoms with Crippen LogP contribution in [0.1, 0.15) is 39.0 Å². The minimum absolute atomic E-state index is 0.241. The summed E-state index contributed by atoms with van der Waals surface area (Å²) in [7, 11) is 0. The van der Waals surface area contributed by atoms with Gasteiger partial charge in [0.15, 0.2) is 5.79 Å². The molecule has 7 nitrogen and oxygen atoms in total. The number of rotatable bonds is 8. The van der Waals surface area contributed by atoms with Crippen LogP contribution in [0, 0.1) is 5.92 Å². The summed E-state index contributed by atoms with van der Waals surface area (Å²) < 4.78 is 15.9. The van der Waals surface area contributed by atoms with Crippen LogP contribution in [-0.2, 0) is 23.8 Å². The number of carbonyl (C=O) groups excluding carboxylic acids is 3. The van der Waals surface area contributed by atoms with Crippen molar-refractivity contribution >= 4 is 18.3 Å². The minimum Gasteiger partial charge on any atom is -0.447 e. The van der Waals surface area contributed by atoms with Gasteiger partial charge in [0.25, 0.3) is 0 Å². The van der Waals surface area contributed by atoms with E-state index in [1.165, 1.54) is 0 Å². The van der Waals surface area contributed by atoms with Crippen LogP contribution in [0.25, 0.3) is 0 Å². The Morgan fingerprint density at radius 1 is 1.32 bits per heavy atom. The van der Waals surface area contributed by atoms with E-state index in [1.54, 1.807) is 0 Å². The van der Waals surface area contributed by atoms with E-state index in [0.717, 1.165) is 17.6 Å². The predicted octanol–water partition coefficient (Wildman–Crippen LogP) is 1.49. The topological polar surface area (TPSA) is 82.1 Å². The molecule has 2 heterocycles. The average molecular weight is 313 g/mol. The largest absolute Gasteiger partial charge is 0.447 e. The molecular weight excluding hydrogens is 290 g/mol. The van der Waals surface area contributed by atoms with Crippen molar-refractivity contribution in [2.24, 2.45) is 5.92 Å². The van der Waals surface area contributed by atoms with Gasteiger partial charge in [-0.2, -0.15) is 0 Å². The molecule has 0 aliphatic carbocycles. The number of hydrogen-bond donors (Lipinski definition) is 0. The lowest BCUT2D eigenvalue weighted by atomic mass is 9.94. The van der Waals surface area contributed by atoms with Gasteiger partial charge in [-0.3, -0.25) is 4.79 Å². The van der Waals surface area contributed by atoms with E-state index in [9.17, 15) is 14.4 Å². The molecule has 1 atom stereocenters. The fourth-order valence-electron chi connectivity index (χ4n) is 2.85. The van der Waals surface area contributed by atoms with Gasteiger partial charge in [-0.15, -0.1) is 0 Å². The molecule has 0 aromatic carbocycles. The Balaban J connectivity index is 1.86. The molecule has 124 valence electrons. The summed E-state index contributed by atoms with van der Waals surface area (Å²) in [6.07, 6.45) is 2.98. The summed E-state index contributed by atoms with van der Waals surface area (Å²) in [5.41, 5.74) is 0. The molecule has 0 N–H and O–H groups in total. The number of nitrogens with zero attached hydrogens (tertiary/aromatic N) is 1. The molecule has 2 aliphatic rings. The molecule has 2 amide bonds. The van der Waals surface area contributed by atoms with Gasteiger partial charge in [0.1, 0.15) is 12.9 Å². The van der Waals surface area contributed by atoms with Gasteiger partial charge >= 0.3 is 6.09 Å². The lowest BCUT2D eigenvalue weighted by Crippen LogP contribution is -2.37. The fraction of sp³-hybridized carbons (Fsp3) is 0.800. The molecule has 0 saturated carbocycles. The lowest BCUT2D eigenvalue weighted by Gasteiger charge is -2.24. The number of amides is 2. The normalized spacial score (nSPS) is 21.7. The summed E-state index contributed by atoms with van der Waals surface area (Å²) in [6, 6.07) is 0. The third-order valence-electron chi connectivity index (χ3n) is 4.09. The number of imide groups is 1. The number of cyclic esters (lactones) is 1. The van der Waals surface area contributed by atoms with Crippen molar-refractivity contribution in [1.29, 1.82) is 0 Å². The average Bonchev–Trinajstić information content (AvgIpc) is 3.11. The quantitative estimate of drug-likeness (QED) is 0.632. The maximum atomic E-state index is 12.4. The van der Waals surface area contributed by atoms with Gasteiger partial charge in [-0.05, 0) is 26.2 Å². The number of carbonyl (C=O) groups is 3. The molecule has 0 spiro atoms. The van der Waals surface area contributed by atoms with E-state index < -0.39 is 11.9 Å². The summed E-state index contributed by atoms with van der Waals surface area (Å²) >= 11 is 0. The van der Waals surface area contributed by atoms with Crippen molar-refractivity contribution in [3.8, 4) is 0 Å². The van der Waals surface area contributed by atoms with Gasteiger partial charge in [0.2, 0.25) is 5.91 Å². The van der Waals surface area contributed by atoms with Crippen LogP contribution in [0.4, 0.5) is 4.79 Å². The van der Waals surface area contributed by atoms with Gasteiger partial charge in [-0.1, -0.05) is 0 Å². The van der Waals surface area contributed by atoms with Crippen LogP contribution in [0.15, 0.2) is 0 Å². The van der Waals surface area contributed by atoms with Crippen LogP contribution in [0.5, 0.6) is 0 Å². The van der Waals surface area contributed by atoms with Crippen molar-refractivity contribution < 1.29 is 28.6 Å². The number of aldehydes is 1. The van der Waals surface area contributed by atoms with Crippen LogP contribution in [-0.4, -0.2) is 55.3 Å². The summed E-state index contributed by atoms with van der Waals surface area (Å²) in [5, 5.41) is 0. The zero-order valence-corrected chi connectivity index (χ0v) is 12.9. The molecule has 2 saturated heterocycles. The van der Waals surface area contributed by atoms with E-state index in [1.807, 2.05) is 6.92 Å². The Hall–Kier alpha value is -1.47. The smallest absolute Gasteiger partial charge is 0.416 e. The van der Waals surface area contributed by atoms with Crippen molar-refractivity contribution in [2.45, 2.75) is 44.8 Å². The molecule has 22 heavy (non-hydrogen) atoms. The van der Waals surface area contributed by atoms with E-state index in [4.69, 9.17) is 14.2 Å². The lowest BCUT2D eigenvalue weighted by molar-refractivity contribution is -0.149. The Kier molecular flexibility index (Phi) is 5.90. The highest BCUT2D eigenvalue weighted by Crippen LogP contribution is 2.27. The maximum absolute atomic E-state index is 12.4. The van der Waals surface area contributed by atoms with Crippen LogP contribution < -0.4 is 0 Å². The highest BCUT2D eigenvalue weighted by molar-refractivity contribution is 5.94. The molecular formula is C15H23NO6. The highest BCUT2D eigenvalue weighted by Gasteiger charge is 2.34. The molecule has 2 rings (SSSR count). The molecule has 0 aromatic heterocycles. The minimum atomic E-state index is -0.587. The second kappa shape index (κ2) is 7.69. The first-order valence-electron chi connectivity index (χ1n) is 7.75. The predicted molar refractivity (Wildman–Crippen MR) is 76.0 cm³/mol. The van der Waals surface area contributed by atoms with Crippen molar-refractivity contribution in [3.63, 3.8) is 0 Å². The zero-order chi connectivity index (χ0) is 16.0. The Bertz CT molecular complexity index is 418. The zero-order valence-electron chi connectivity index (χ0n) is 12.9. The van der Waals surface area contributed by atoms with Crippen molar-refractivity contribution in [1.82, 2.24) is 4.90 Å². The Morgan fingerprint density at radius 3 is 2.64 bits per heavy atom. The van der Waals surface area contributed by atoms with Crippen molar-refractivity contribution in [3.05, 3.63) is 0 Å². The first-order chi connectivity index (χ1) is 10.6. The first kappa shape index (κ1) is 16.9. The Morgan fingerprint density at radius 2 is 2.05 bits per heavy atom. The third-order valence-corrected chi connectivity index (χ3v) is 4.09. The van der Waals surface area contributed by atoms with Gasteiger partial charge in [0, 0.05) is 18.8 Å². The van der Waals surface area contributed by atoms with Crippen molar-refractivity contribution in [2.75, 3.05) is 26.4 Å². The van der Waals surface area contributed by atoms with Crippen LogP contribution >= 0.6 is 0 Å². The monoisotopic (exact) mass is 313 g/mol. The third kappa shape index (κ3) is 4.27. The molecule has 0 aromatic rings. The maximum Gasteiger partial charge on any atom is 0.416 e. The van der Waals surface area contributed by atoms with E-state index >= 15 is 0 Å².